The summed E-state index contributed by atoms with van der Waals surface area (Å²) in [6.45, 7) is 4.82. The molecule has 2 aromatic rings. The van der Waals surface area contributed by atoms with Crippen LogP contribution in [-0.2, 0) is 23.1 Å². The third-order valence-electron chi connectivity index (χ3n) is 2.71. The summed E-state index contributed by atoms with van der Waals surface area (Å²) >= 11 is 0. The molecule has 0 radical (unpaired) electrons. The Bertz CT molecular complexity index is 627. The van der Waals surface area contributed by atoms with Crippen molar-refractivity contribution in [1.29, 1.82) is 0 Å². The molecule has 0 fully saturated rings. The normalized spacial score (nSPS) is 12.8. The monoisotopic (exact) mass is 296 g/mol. The SMILES string of the molecule is CC(C)Cn1ncnc1CS(=O)c1cc(F)ccc1N. The van der Waals surface area contributed by atoms with Crippen molar-refractivity contribution in [3.8, 4) is 0 Å². The van der Waals surface area contributed by atoms with Crippen LogP contribution in [0.1, 0.15) is 19.7 Å². The van der Waals surface area contributed by atoms with Gasteiger partial charge in [0.15, 0.2) is 0 Å². The van der Waals surface area contributed by atoms with Crippen LogP contribution in [0.3, 0.4) is 0 Å². The van der Waals surface area contributed by atoms with Crippen molar-refractivity contribution in [2.75, 3.05) is 5.73 Å². The highest BCUT2D eigenvalue weighted by Gasteiger charge is 2.14. The third-order valence-corrected chi connectivity index (χ3v) is 4.08. The van der Waals surface area contributed by atoms with Crippen LogP contribution in [0.15, 0.2) is 29.4 Å². The van der Waals surface area contributed by atoms with Crippen molar-refractivity contribution in [2.45, 2.75) is 31.0 Å². The van der Waals surface area contributed by atoms with Crippen LogP contribution in [-0.4, -0.2) is 19.0 Å². The molecule has 1 aromatic heterocycles. The molecule has 2 rings (SSSR count). The van der Waals surface area contributed by atoms with Crippen molar-refractivity contribution < 1.29 is 8.60 Å². The summed E-state index contributed by atoms with van der Waals surface area (Å²) in [5.74, 6) is 0.732. The first-order valence-electron chi connectivity index (χ1n) is 6.27. The molecule has 0 spiro atoms. The van der Waals surface area contributed by atoms with E-state index < -0.39 is 16.6 Å². The molecule has 0 amide bonds. The number of halogens is 1. The van der Waals surface area contributed by atoms with Crippen LogP contribution in [0.5, 0.6) is 0 Å². The summed E-state index contributed by atoms with van der Waals surface area (Å²) in [4.78, 5) is 4.41. The number of anilines is 1. The Labute approximate surface area is 119 Å². The predicted molar refractivity (Wildman–Crippen MR) is 75.8 cm³/mol. The summed E-state index contributed by atoms with van der Waals surface area (Å²) in [6.07, 6.45) is 1.43. The molecular weight excluding hydrogens is 279 g/mol. The van der Waals surface area contributed by atoms with Crippen LogP contribution in [0.2, 0.25) is 0 Å². The van der Waals surface area contributed by atoms with Crippen LogP contribution in [0.4, 0.5) is 10.1 Å². The summed E-state index contributed by atoms with van der Waals surface area (Å²) < 4.78 is 27.2. The molecule has 1 atom stereocenters. The molecule has 108 valence electrons. The van der Waals surface area contributed by atoms with Gasteiger partial charge in [-0.15, -0.1) is 0 Å². The fourth-order valence-corrected chi connectivity index (χ4v) is 2.99. The Kier molecular flexibility index (Phi) is 4.49. The molecule has 7 heteroatoms. The second kappa shape index (κ2) is 6.13. The smallest absolute Gasteiger partial charge is 0.139 e. The Balaban J connectivity index is 2.20. The second-order valence-electron chi connectivity index (χ2n) is 4.92. The van der Waals surface area contributed by atoms with Gasteiger partial charge in [-0.2, -0.15) is 5.10 Å². The number of hydrogen-bond acceptors (Lipinski definition) is 4. The van der Waals surface area contributed by atoms with E-state index in [1.165, 1.54) is 24.5 Å². The Morgan fingerprint density at radius 2 is 2.20 bits per heavy atom. The molecule has 2 N–H and O–H groups in total. The van der Waals surface area contributed by atoms with E-state index in [0.717, 1.165) is 0 Å². The van der Waals surface area contributed by atoms with E-state index in [9.17, 15) is 8.60 Å². The molecular formula is C13H17FN4OS. The van der Waals surface area contributed by atoms with Crippen molar-refractivity contribution in [3.05, 3.63) is 36.2 Å². The van der Waals surface area contributed by atoms with E-state index in [4.69, 9.17) is 5.73 Å². The molecule has 1 unspecified atom stereocenters. The minimum absolute atomic E-state index is 0.167. The van der Waals surface area contributed by atoms with Crippen molar-refractivity contribution >= 4 is 16.5 Å². The van der Waals surface area contributed by atoms with E-state index in [-0.39, 0.29) is 5.75 Å². The third kappa shape index (κ3) is 3.41. The molecule has 1 aromatic carbocycles. The van der Waals surface area contributed by atoms with Crippen molar-refractivity contribution in [2.24, 2.45) is 5.92 Å². The van der Waals surface area contributed by atoms with Gasteiger partial charge in [0, 0.05) is 12.2 Å². The maximum Gasteiger partial charge on any atom is 0.139 e. The summed E-state index contributed by atoms with van der Waals surface area (Å²) in [5, 5.41) is 4.11. The zero-order valence-electron chi connectivity index (χ0n) is 11.4. The lowest BCUT2D eigenvalue weighted by atomic mass is 10.2. The first kappa shape index (κ1) is 14.6. The maximum absolute atomic E-state index is 13.2. The summed E-state index contributed by atoms with van der Waals surface area (Å²) in [6, 6.07) is 3.87. The van der Waals surface area contributed by atoms with Crippen molar-refractivity contribution in [3.63, 3.8) is 0 Å². The lowest BCUT2D eigenvalue weighted by Gasteiger charge is -2.09. The highest BCUT2D eigenvalue weighted by Crippen LogP contribution is 2.20. The zero-order valence-corrected chi connectivity index (χ0v) is 12.2. The van der Waals surface area contributed by atoms with E-state index in [0.29, 0.717) is 28.9 Å². The molecule has 0 aliphatic rings. The number of aromatic nitrogens is 3. The van der Waals surface area contributed by atoms with Gasteiger partial charge in [-0.05, 0) is 24.1 Å². The van der Waals surface area contributed by atoms with Gasteiger partial charge in [-0.25, -0.2) is 14.1 Å². The van der Waals surface area contributed by atoms with E-state index in [1.54, 1.807) is 4.68 Å². The lowest BCUT2D eigenvalue weighted by Crippen LogP contribution is -2.12. The maximum atomic E-state index is 13.2. The lowest BCUT2D eigenvalue weighted by molar-refractivity contribution is 0.471. The first-order valence-corrected chi connectivity index (χ1v) is 7.59. The Hall–Kier alpha value is -1.76. The van der Waals surface area contributed by atoms with Gasteiger partial charge in [0.2, 0.25) is 0 Å². The van der Waals surface area contributed by atoms with Gasteiger partial charge >= 0.3 is 0 Å². The zero-order chi connectivity index (χ0) is 14.7. The average Bonchev–Trinajstić information content (AvgIpc) is 2.78. The van der Waals surface area contributed by atoms with Gasteiger partial charge in [0.1, 0.15) is 18.0 Å². The number of hydrogen-bond donors (Lipinski definition) is 1. The molecule has 0 saturated heterocycles. The number of nitrogens with two attached hydrogens (primary N) is 1. The van der Waals surface area contributed by atoms with Gasteiger partial charge in [0.25, 0.3) is 0 Å². The molecule has 0 saturated carbocycles. The van der Waals surface area contributed by atoms with E-state index >= 15 is 0 Å². The highest BCUT2D eigenvalue weighted by molar-refractivity contribution is 7.84. The summed E-state index contributed by atoms with van der Waals surface area (Å²) in [7, 11) is -1.45. The number of rotatable bonds is 5. The molecule has 1 heterocycles. The minimum atomic E-state index is -1.45. The van der Waals surface area contributed by atoms with Gasteiger partial charge in [-0.3, -0.25) is 4.21 Å². The minimum Gasteiger partial charge on any atom is -0.398 e. The van der Waals surface area contributed by atoms with Crippen LogP contribution in [0.25, 0.3) is 0 Å². The fraction of sp³-hybridized carbons (Fsp3) is 0.385. The molecule has 5 nitrogen and oxygen atoms in total. The number of benzene rings is 1. The average molecular weight is 296 g/mol. The quantitative estimate of drug-likeness (QED) is 0.856. The molecule has 0 bridgehead atoms. The van der Waals surface area contributed by atoms with Crippen LogP contribution >= 0.6 is 0 Å². The van der Waals surface area contributed by atoms with Gasteiger partial charge < -0.3 is 5.73 Å². The molecule has 20 heavy (non-hydrogen) atoms. The van der Waals surface area contributed by atoms with Crippen molar-refractivity contribution in [1.82, 2.24) is 14.8 Å². The molecule has 0 aliphatic heterocycles. The number of nitrogen functional groups attached to an aromatic ring is 1. The largest absolute Gasteiger partial charge is 0.398 e. The topological polar surface area (TPSA) is 73.8 Å². The number of nitrogens with zero attached hydrogens (tertiary/aromatic N) is 3. The second-order valence-corrected chi connectivity index (χ2v) is 6.34. The highest BCUT2D eigenvalue weighted by atomic mass is 32.2. The molecule has 0 aliphatic carbocycles. The summed E-state index contributed by atoms with van der Waals surface area (Å²) in [5.41, 5.74) is 6.05. The Morgan fingerprint density at radius 1 is 1.45 bits per heavy atom. The van der Waals surface area contributed by atoms with Crippen LogP contribution < -0.4 is 5.73 Å². The van der Waals surface area contributed by atoms with Gasteiger partial charge in [-0.1, -0.05) is 13.8 Å². The fourth-order valence-electron chi connectivity index (χ4n) is 1.80. The Morgan fingerprint density at radius 3 is 2.90 bits per heavy atom. The van der Waals surface area contributed by atoms with E-state index in [1.807, 2.05) is 0 Å². The standard InChI is InChI=1S/C13H17FN4OS/c1-9(2)6-18-13(16-8-17-18)7-20(19)12-5-10(14)3-4-11(12)15/h3-5,8-9H,6-7,15H2,1-2H3. The predicted octanol–water partition coefficient (Wildman–Crippen LogP) is 1.96. The van der Waals surface area contributed by atoms with Crippen LogP contribution in [0, 0.1) is 11.7 Å². The van der Waals surface area contributed by atoms with E-state index in [2.05, 4.69) is 23.9 Å². The first-order chi connectivity index (χ1) is 9.47. The van der Waals surface area contributed by atoms with Gasteiger partial charge in [0.05, 0.1) is 21.4 Å².